The average molecular weight is 220 g/mol. The van der Waals surface area contributed by atoms with Gasteiger partial charge in [-0.2, -0.15) is 0 Å². The molecule has 0 radical (unpaired) electrons. The second kappa shape index (κ2) is 5.02. The van der Waals surface area contributed by atoms with Gasteiger partial charge < -0.3 is 9.84 Å². The summed E-state index contributed by atoms with van der Waals surface area (Å²) in [6.07, 6.45) is 0.246. The Morgan fingerprint density at radius 3 is 2.47 bits per heavy atom. The molecule has 0 spiro atoms. The normalized spacial score (nSPS) is 10.5. The van der Waals surface area contributed by atoms with Crippen LogP contribution in [-0.2, 0) is 6.42 Å². The summed E-state index contributed by atoms with van der Waals surface area (Å²) in [7, 11) is 1.18. The molecule has 2 nitrogen and oxygen atoms in total. The first-order valence-corrected chi connectivity index (χ1v) is 4.43. The monoisotopic (exact) mass is 220 g/mol. The molecule has 0 heterocycles. The number of ether oxygens (including phenoxy) is 1. The molecule has 0 aromatic heterocycles. The molecule has 5 heteroatoms. The molecule has 0 unspecified atom stereocenters. The summed E-state index contributed by atoms with van der Waals surface area (Å²) >= 11 is 0. The molecule has 1 aromatic rings. The lowest BCUT2D eigenvalue weighted by molar-refractivity contribution is 0.285. The standard InChI is InChI=1S/C10H11F3O2/c1-15-10-6(3-2-4-14)9(13)7(11)5-8(10)12/h5,14H,2-4H2,1H3. The first-order valence-electron chi connectivity index (χ1n) is 4.43. The zero-order valence-electron chi connectivity index (χ0n) is 8.19. The molecule has 0 saturated heterocycles. The molecule has 0 aliphatic heterocycles. The van der Waals surface area contributed by atoms with Crippen LogP contribution >= 0.6 is 0 Å². The van der Waals surface area contributed by atoms with Crippen LogP contribution in [0.3, 0.4) is 0 Å². The Kier molecular flexibility index (Phi) is 3.96. The van der Waals surface area contributed by atoms with Crippen LogP contribution in [-0.4, -0.2) is 18.8 Å². The third-order valence-electron chi connectivity index (χ3n) is 2.01. The highest BCUT2D eigenvalue weighted by atomic mass is 19.2. The van der Waals surface area contributed by atoms with Crippen LogP contribution in [0.4, 0.5) is 13.2 Å². The van der Waals surface area contributed by atoms with E-state index >= 15 is 0 Å². The fourth-order valence-corrected chi connectivity index (χ4v) is 1.33. The number of rotatable bonds is 4. The highest BCUT2D eigenvalue weighted by Gasteiger charge is 2.18. The number of hydrogen-bond donors (Lipinski definition) is 1. The van der Waals surface area contributed by atoms with Gasteiger partial charge in [0.25, 0.3) is 0 Å². The Morgan fingerprint density at radius 2 is 1.93 bits per heavy atom. The third-order valence-corrected chi connectivity index (χ3v) is 2.01. The molecule has 0 atom stereocenters. The number of aliphatic hydroxyl groups is 1. The summed E-state index contributed by atoms with van der Waals surface area (Å²) in [5.74, 6) is -3.62. The van der Waals surface area contributed by atoms with Crippen molar-refractivity contribution in [3.05, 3.63) is 29.1 Å². The molecule has 1 N–H and O–H groups in total. The zero-order valence-corrected chi connectivity index (χ0v) is 8.19. The Morgan fingerprint density at radius 1 is 1.27 bits per heavy atom. The van der Waals surface area contributed by atoms with Crippen molar-refractivity contribution in [3.63, 3.8) is 0 Å². The van der Waals surface area contributed by atoms with Crippen molar-refractivity contribution in [2.24, 2.45) is 0 Å². The molecular weight excluding hydrogens is 209 g/mol. The number of methoxy groups -OCH3 is 1. The topological polar surface area (TPSA) is 29.5 Å². The van der Waals surface area contributed by atoms with Gasteiger partial charge in [-0.1, -0.05) is 0 Å². The van der Waals surface area contributed by atoms with Crippen LogP contribution in [0.2, 0.25) is 0 Å². The van der Waals surface area contributed by atoms with Crippen molar-refractivity contribution in [1.29, 1.82) is 0 Å². The first-order chi connectivity index (χ1) is 7.11. The lowest BCUT2D eigenvalue weighted by atomic mass is 10.1. The molecule has 0 fully saturated rings. The summed E-state index contributed by atoms with van der Waals surface area (Å²) in [5.41, 5.74) is -0.177. The van der Waals surface area contributed by atoms with Gasteiger partial charge >= 0.3 is 0 Å². The Hall–Kier alpha value is -1.23. The van der Waals surface area contributed by atoms with Gasteiger partial charge in [0.05, 0.1) is 7.11 Å². The summed E-state index contributed by atoms with van der Waals surface area (Å²) in [6, 6.07) is 0.441. The summed E-state index contributed by atoms with van der Waals surface area (Å²) in [4.78, 5) is 0. The predicted molar refractivity (Wildman–Crippen MR) is 48.3 cm³/mol. The molecule has 1 rings (SSSR count). The van der Waals surface area contributed by atoms with Gasteiger partial charge in [0, 0.05) is 18.2 Å². The Bertz CT molecular complexity index is 353. The van der Waals surface area contributed by atoms with Gasteiger partial charge in [-0.25, -0.2) is 13.2 Å². The van der Waals surface area contributed by atoms with Crippen LogP contribution in [0.25, 0.3) is 0 Å². The van der Waals surface area contributed by atoms with Crippen LogP contribution in [0, 0.1) is 17.5 Å². The van der Waals surface area contributed by atoms with Gasteiger partial charge in [0.15, 0.2) is 23.2 Å². The van der Waals surface area contributed by atoms with Crippen molar-refractivity contribution in [1.82, 2.24) is 0 Å². The highest BCUT2D eigenvalue weighted by molar-refractivity contribution is 5.37. The maximum absolute atomic E-state index is 13.2. The Balaban J connectivity index is 3.18. The zero-order chi connectivity index (χ0) is 11.4. The van der Waals surface area contributed by atoms with E-state index in [2.05, 4.69) is 4.74 Å². The maximum Gasteiger partial charge on any atom is 0.168 e. The molecular formula is C10H11F3O2. The van der Waals surface area contributed by atoms with Gasteiger partial charge in [0.2, 0.25) is 0 Å². The number of halogens is 3. The van der Waals surface area contributed by atoms with Crippen molar-refractivity contribution >= 4 is 0 Å². The van der Waals surface area contributed by atoms with E-state index in [1.165, 1.54) is 7.11 Å². The van der Waals surface area contributed by atoms with Crippen LogP contribution in [0.5, 0.6) is 5.75 Å². The summed E-state index contributed by atoms with van der Waals surface area (Å²) in [6.45, 7) is -0.180. The molecule has 1 aromatic carbocycles. The molecule has 0 aliphatic rings. The molecule has 0 saturated carbocycles. The third kappa shape index (κ3) is 2.41. The van der Waals surface area contributed by atoms with Gasteiger partial charge in [-0.15, -0.1) is 0 Å². The molecule has 0 amide bonds. The lowest BCUT2D eigenvalue weighted by Gasteiger charge is -2.10. The molecule has 84 valence electrons. The molecule has 0 bridgehead atoms. The van der Waals surface area contributed by atoms with Crippen molar-refractivity contribution < 1.29 is 23.0 Å². The van der Waals surface area contributed by atoms with Gasteiger partial charge in [-0.3, -0.25) is 0 Å². The lowest BCUT2D eigenvalue weighted by Crippen LogP contribution is -2.03. The maximum atomic E-state index is 13.2. The predicted octanol–water partition coefficient (Wildman–Crippen LogP) is 2.04. The number of benzene rings is 1. The summed E-state index contributed by atoms with van der Waals surface area (Å²) in [5, 5.41) is 8.57. The van der Waals surface area contributed by atoms with Crippen LogP contribution in [0.15, 0.2) is 6.07 Å². The van der Waals surface area contributed by atoms with Crippen molar-refractivity contribution in [2.45, 2.75) is 12.8 Å². The van der Waals surface area contributed by atoms with Crippen LogP contribution in [0.1, 0.15) is 12.0 Å². The van der Waals surface area contributed by atoms with Crippen molar-refractivity contribution in [3.8, 4) is 5.75 Å². The quantitative estimate of drug-likeness (QED) is 0.787. The highest BCUT2D eigenvalue weighted by Crippen LogP contribution is 2.28. The van der Waals surface area contributed by atoms with E-state index < -0.39 is 17.5 Å². The van der Waals surface area contributed by atoms with Gasteiger partial charge in [-0.05, 0) is 12.8 Å². The second-order valence-electron chi connectivity index (χ2n) is 2.99. The second-order valence-corrected chi connectivity index (χ2v) is 2.99. The van der Waals surface area contributed by atoms with E-state index in [1.807, 2.05) is 0 Å². The minimum Gasteiger partial charge on any atom is -0.493 e. The van der Waals surface area contributed by atoms with E-state index in [4.69, 9.17) is 5.11 Å². The summed E-state index contributed by atoms with van der Waals surface area (Å²) < 4.78 is 43.9. The van der Waals surface area contributed by atoms with Gasteiger partial charge in [0.1, 0.15) is 0 Å². The minimum atomic E-state index is -1.25. The fourth-order valence-electron chi connectivity index (χ4n) is 1.33. The largest absolute Gasteiger partial charge is 0.493 e. The Labute approximate surface area is 85.3 Å². The van der Waals surface area contributed by atoms with Crippen molar-refractivity contribution in [2.75, 3.05) is 13.7 Å². The number of aliphatic hydroxyl groups excluding tert-OH is 1. The fraction of sp³-hybridized carbons (Fsp3) is 0.400. The van der Waals surface area contributed by atoms with E-state index in [-0.39, 0.29) is 30.8 Å². The van der Waals surface area contributed by atoms with E-state index in [9.17, 15) is 13.2 Å². The molecule has 0 aliphatic carbocycles. The van der Waals surface area contributed by atoms with E-state index in [1.54, 1.807) is 0 Å². The molecule has 15 heavy (non-hydrogen) atoms. The number of hydrogen-bond acceptors (Lipinski definition) is 2. The van der Waals surface area contributed by atoms with E-state index in [0.29, 0.717) is 6.07 Å². The van der Waals surface area contributed by atoms with Crippen LogP contribution < -0.4 is 4.74 Å². The smallest absolute Gasteiger partial charge is 0.168 e. The minimum absolute atomic E-state index is 0.0280. The van der Waals surface area contributed by atoms with E-state index in [0.717, 1.165) is 0 Å². The average Bonchev–Trinajstić information content (AvgIpc) is 2.21. The first kappa shape index (κ1) is 11.8. The SMILES string of the molecule is COc1c(F)cc(F)c(F)c1CCCO.